The number of methoxy groups -OCH3 is 1. The van der Waals surface area contributed by atoms with Gasteiger partial charge in [-0.3, -0.25) is 4.90 Å². The van der Waals surface area contributed by atoms with Crippen molar-refractivity contribution in [2.75, 3.05) is 20.2 Å². The molecule has 1 fully saturated rings. The topological polar surface area (TPSA) is 58.5 Å². The molecule has 1 aliphatic rings. The van der Waals surface area contributed by atoms with E-state index in [1.54, 1.807) is 7.11 Å². The highest BCUT2D eigenvalue weighted by Gasteiger charge is 2.23. The van der Waals surface area contributed by atoms with Gasteiger partial charge in [0.15, 0.2) is 0 Å². The molecule has 5 heterocycles. The van der Waals surface area contributed by atoms with Crippen LogP contribution in [0.1, 0.15) is 55.2 Å². The predicted octanol–water partition coefficient (Wildman–Crippen LogP) is 6.39. The quantitative estimate of drug-likeness (QED) is 0.307. The molecule has 0 saturated carbocycles. The number of aromatic amines is 1. The van der Waals surface area contributed by atoms with Crippen LogP contribution in [0.3, 0.4) is 0 Å². The van der Waals surface area contributed by atoms with E-state index in [1.165, 1.54) is 51.7 Å². The third-order valence-corrected chi connectivity index (χ3v) is 7.59. The summed E-state index contributed by atoms with van der Waals surface area (Å²) in [7, 11) is 1.66. The molecule has 0 radical (unpaired) electrons. The van der Waals surface area contributed by atoms with Crippen molar-refractivity contribution < 1.29 is 4.74 Å². The normalized spacial score (nSPS) is 15.3. The van der Waals surface area contributed by atoms with Crippen LogP contribution in [0.15, 0.2) is 67.3 Å². The average Bonchev–Trinajstić information content (AvgIpc) is 3.53. The van der Waals surface area contributed by atoms with E-state index in [1.807, 2.05) is 24.7 Å². The van der Waals surface area contributed by atoms with E-state index in [0.29, 0.717) is 17.7 Å². The number of pyridine rings is 2. The number of piperidine rings is 1. The highest BCUT2D eigenvalue weighted by atomic mass is 16.5. The molecule has 0 unspecified atom stereocenters. The zero-order chi connectivity index (χ0) is 24.6. The number of rotatable bonds is 6. The fraction of sp³-hybridized carbons (Fsp3) is 0.333. The lowest BCUT2D eigenvalue weighted by molar-refractivity contribution is 0.204. The van der Waals surface area contributed by atoms with Crippen molar-refractivity contribution in [1.82, 2.24) is 24.3 Å². The van der Waals surface area contributed by atoms with Crippen LogP contribution in [0.5, 0.6) is 5.88 Å². The summed E-state index contributed by atoms with van der Waals surface area (Å²) in [5.41, 5.74) is 8.71. The molecule has 0 amide bonds. The minimum absolute atomic E-state index is 0.419. The molecule has 6 nitrogen and oxygen atoms in total. The molecule has 1 aliphatic heterocycles. The number of likely N-dealkylation sites (tertiary alicyclic amines) is 1. The smallest absolute Gasteiger partial charge is 0.212 e. The largest absolute Gasteiger partial charge is 0.481 e. The van der Waals surface area contributed by atoms with Crippen LogP contribution in [0.2, 0.25) is 0 Å². The van der Waals surface area contributed by atoms with Crippen molar-refractivity contribution in [3.05, 3.63) is 83.9 Å². The monoisotopic (exact) mass is 479 g/mol. The van der Waals surface area contributed by atoms with Gasteiger partial charge in [-0.1, -0.05) is 26.0 Å². The lowest BCUT2D eigenvalue weighted by Gasteiger charge is -2.32. The van der Waals surface area contributed by atoms with Crippen molar-refractivity contribution in [2.24, 2.45) is 0 Å². The van der Waals surface area contributed by atoms with Crippen molar-refractivity contribution >= 4 is 16.6 Å². The molecule has 0 bridgehead atoms. The first-order valence-electron chi connectivity index (χ1n) is 12.9. The summed E-state index contributed by atoms with van der Waals surface area (Å²) in [5.74, 6) is 1.69. The van der Waals surface area contributed by atoms with Gasteiger partial charge in [0, 0.05) is 53.9 Å². The second-order valence-electron chi connectivity index (χ2n) is 10.2. The number of aromatic nitrogens is 4. The van der Waals surface area contributed by atoms with E-state index in [9.17, 15) is 0 Å². The second-order valence-corrected chi connectivity index (χ2v) is 10.2. The summed E-state index contributed by atoms with van der Waals surface area (Å²) in [6.07, 6.45) is 10.3. The maximum absolute atomic E-state index is 5.19. The minimum atomic E-state index is 0.419. The van der Waals surface area contributed by atoms with E-state index in [4.69, 9.17) is 4.74 Å². The van der Waals surface area contributed by atoms with Crippen LogP contribution in [0.4, 0.5) is 0 Å². The lowest BCUT2D eigenvalue weighted by Crippen LogP contribution is -2.32. The van der Waals surface area contributed by atoms with Gasteiger partial charge < -0.3 is 14.1 Å². The standard InChI is InChI=1S/C30H33N5O/c1-20(2)29-25-16-23(22-10-13-34(14-11-22)18-21-4-9-28(36-3)32-17-21)5-7-26(25)33-30(29)24-6-8-27-31-12-15-35(27)19-24/h4-9,12,15-17,19-20,22,33H,10-11,13-14,18H2,1-3H3. The number of H-pyrrole nitrogens is 1. The Hall–Kier alpha value is -3.64. The van der Waals surface area contributed by atoms with Crippen LogP contribution in [0, 0.1) is 0 Å². The Balaban J connectivity index is 1.23. The molecular formula is C30H33N5O. The van der Waals surface area contributed by atoms with Crippen molar-refractivity contribution in [3.63, 3.8) is 0 Å². The zero-order valence-corrected chi connectivity index (χ0v) is 21.2. The Labute approximate surface area is 212 Å². The van der Waals surface area contributed by atoms with Crippen LogP contribution in [0.25, 0.3) is 27.8 Å². The molecule has 1 aromatic carbocycles. The van der Waals surface area contributed by atoms with Gasteiger partial charge >= 0.3 is 0 Å². The first-order valence-corrected chi connectivity index (χ1v) is 12.9. The molecule has 184 valence electrons. The van der Waals surface area contributed by atoms with Crippen LogP contribution in [-0.4, -0.2) is 44.5 Å². The van der Waals surface area contributed by atoms with Gasteiger partial charge in [0.2, 0.25) is 5.88 Å². The van der Waals surface area contributed by atoms with Gasteiger partial charge in [-0.25, -0.2) is 9.97 Å². The summed E-state index contributed by atoms with van der Waals surface area (Å²) in [6, 6.07) is 15.4. The first kappa shape index (κ1) is 22.8. The number of nitrogens with zero attached hydrogens (tertiary/aromatic N) is 4. The van der Waals surface area contributed by atoms with E-state index in [2.05, 4.69) is 80.7 Å². The van der Waals surface area contributed by atoms with Crippen molar-refractivity contribution in [1.29, 1.82) is 0 Å². The van der Waals surface area contributed by atoms with Crippen LogP contribution < -0.4 is 4.74 Å². The van der Waals surface area contributed by atoms with Gasteiger partial charge in [0.05, 0.1) is 12.8 Å². The molecule has 5 aromatic rings. The predicted molar refractivity (Wildman–Crippen MR) is 145 cm³/mol. The summed E-state index contributed by atoms with van der Waals surface area (Å²) in [5, 5.41) is 1.36. The summed E-state index contributed by atoms with van der Waals surface area (Å²) < 4.78 is 7.27. The first-order chi connectivity index (χ1) is 17.6. The molecule has 1 N–H and O–H groups in total. The Morgan fingerprint density at radius 1 is 1.06 bits per heavy atom. The summed E-state index contributed by atoms with van der Waals surface area (Å²) >= 11 is 0. The fourth-order valence-corrected chi connectivity index (χ4v) is 5.69. The van der Waals surface area contributed by atoms with Crippen molar-refractivity contribution in [2.45, 2.75) is 45.1 Å². The molecular weight excluding hydrogens is 446 g/mol. The van der Waals surface area contributed by atoms with E-state index in [0.717, 1.165) is 25.3 Å². The average molecular weight is 480 g/mol. The molecule has 0 atom stereocenters. The number of nitrogens with one attached hydrogen (secondary N) is 1. The summed E-state index contributed by atoms with van der Waals surface area (Å²) in [4.78, 5) is 15.0. The summed E-state index contributed by atoms with van der Waals surface area (Å²) in [6.45, 7) is 7.74. The molecule has 6 rings (SSSR count). The highest BCUT2D eigenvalue weighted by molar-refractivity contribution is 5.92. The number of hydrogen-bond acceptors (Lipinski definition) is 4. The number of ether oxygens (including phenoxy) is 1. The molecule has 6 heteroatoms. The maximum Gasteiger partial charge on any atom is 0.212 e. The Kier molecular flexibility index (Phi) is 5.97. The Morgan fingerprint density at radius 2 is 1.92 bits per heavy atom. The number of hydrogen-bond donors (Lipinski definition) is 1. The SMILES string of the molecule is COc1ccc(CN2CCC(c3ccc4[nH]c(-c5ccc6nccn6c5)c(C(C)C)c4c3)CC2)cn1. The zero-order valence-electron chi connectivity index (χ0n) is 21.2. The lowest BCUT2D eigenvalue weighted by atomic mass is 9.87. The van der Waals surface area contributed by atoms with Gasteiger partial charge in [0.25, 0.3) is 0 Å². The van der Waals surface area contributed by atoms with Gasteiger partial charge in [0.1, 0.15) is 5.65 Å². The number of fused-ring (bicyclic) bond motifs is 2. The maximum atomic E-state index is 5.19. The number of imidazole rings is 1. The third-order valence-electron chi connectivity index (χ3n) is 7.59. The van der Waals surface area contributed by atoms with E-state index < -0.39 is 0 Å². The van der Waals surface area contributed by atoms with Gasteiger partial charge in [-0.05, 0) is 78.7 Å². The van der Waals surface area contributed by atoms with Crippen molar-refractivity contribution in [3.8, 4) is 17.1 Å². The molecule has 4 aromatic heterocycles. The number of benzene rings is 1. The second kappa shape index (κ2) is 9.43. The van der Waals surface area contributed by atoms with Crippen LogP contribution >= 0.6 is 0 Å². The molecule has 0 spiro atoms. The third kappa shape index (κ3) is 4.26. The molecule has 36 heavy (non-hydrogen) atoms. The fourth-order valence-electron chi connectivity index (χ4n) is 5.69. The van der Waals surface area contributed by atoms with Crippen LogP contribution in [-0.2, 0) is 6.54 Å². The molecule has 0 aliphatic carbocycles. The Bertz CT molecular complexity index is 1490. The van der Waals surface area contributed by atoms with E-state index >= 15 is 0 Å². The highest BCUT2D eigenvalue weighted by Crippen LogP contribution is 2.38. The Morgan fingerprint density at radius 3 is 2.67 bits per heavy atom. The van der Waals surface area contributed by atoms with E-state index in [-0.39, 0.29) is 0 Å². The van der Waals surface area contributed by atoms with Gasteiger partial charge in [-0.15, -0.1) is 0 Å². The van der Waals surface area contributed by atoms with Gasteiger partial charge in [-0.2, -0.15) is 0 Å². The minimum Gasteiger partial charge on any atom is -0.481 e. The molecule has 1 saturated heterocycles.